The van der Waals surface area contributed by atoms with Gasteiger partial charge in [0.25, 0.3) is 5.69 Å². The molecule has 0 unspecified atom stereocenters. The van der Waals surface area contributed by atoms with Crippen molar-refractivity contribution in [2.45, 2.75) is 6.61 Å². The fraction of sp³-hybridized carbons (Fsp3) is 0.0714. The monoisotopic (exact) mass is 332 g/mol. The number of hydrogen-bond acceptors (Lipinski definition) is 6. The highest BCUT2D eigenvalue weighted by molar-refractivity contribution is 6.31. The summed E-state index contributed by atoms with van der Waals surface area (Å²) in [6, 6.07) is 7.19. The molecule has 9 heteroatoms. The Labute approximate surface area is 134 Å². The van der Waals surface area contributed by atoms with Gasteiger partial charge in [-0.2, -0.15) is 0 Å². The summed E-state index contributed by atoms with van der Waals surface area (Å²) >= 11 is 5.95. The molecule has 0 aliphatic heterocycles. The zero-order valence-electron chi connectivity index (χ0n) is 11.5. The zero-order valence-corrected chi connectivity index (χ0v) is 12.3. The molecule has 8 nitrogen and oxygen atoms in total. The number of hydrogen-bond donors (Lipinski definition) is 0. The number of rotatable bonds is 4. The standard InChI is InChI=1S/C14H9ClN4O4/c15-12-5-11(19(21)22)3-1-10(12)7-23-14(20)9-2-4-13-17-16-8-18(13)6-9/h1-6,8H,7H2. The van der Waals surface area contributed by atoms with Crippen LogP contribution in [0, 0.1) is 10.1 Å². The Balaban J connectivity index is 1.72. The van der Waals surface area contributed by atoms with Crippen molar-refractivity contribution in [1.82, 2.24) is 14.6 Å². The quantitative estimate of drug-likeness (QED) is 0.413. The van der Waals surface area contributed by atoms with E-state index in [1.165, 1.54) is 24.5 Å². The maximum atomic E-state index is 12.0. The third-order valence-corrected chi connectivity index (χ3v) is 3.48. The minimum atomic E-state index is -0.546. The summed E-state index contributed by atoms with van der Waals surface area (Å²) in [5.74, 6) is -0.546. The van der Waals surface area contributed by atoms with Gasteiger partial charge in [-0.15, -0.1) is 10.2 Å². The molecule has 116 valence electrons. The summed E-state index contributed by atoms with van der Waals surface area (Å²) in [6.07, 6.45) is 3.02. The SMILES string of the molecule is O=C(OCc1ccc([N+](=O)[O-])cc1Cl)c1ccc2nncn2c1. The predicted molar refractivity (Wildman–Crippen MR) is 80.2 cm³/mol. The lowest BCUT2D eigenvalue weighted by molar-refractivity contribution is -0.384. The molecule has 23 heavy (non-hydrogen) atoms. The summed E-state index contributed by atoms with van der Waals surface area (Å²) in [4.78, 5) is 22.1. The molecule has 0 N–H and O–H groups in total. The number of carbonyl (C=O) groups excluding carboxylic acids is 1. The Kier molecular flexibility index (Phi) is 3.90. The van der Waals surface area contributed by atoms with Crippen LogP contribution in [0.2, 0.25) is 5.02 Å². The number of benzene rings is 1. The van der Waals surface area contributed by atoms with Crippen molar-refractivity contribution >= 4 is 28.9 Å². The lowest BCUT2D eigenvalue weighted by atomic mass is 10.2. The zero-order chi connectivity index (χ0) is 16.4. The second-order valence-corrected chi connectivity index (χ2v) is 5.03. The van der Waals surface area contributed by atoms with Crippen molar-refractivity contribution in [2.24, 2.45) is 0 Å². The lowest BCUT2D eigenvalue weighted by Crippen LogP contribution is -2.06. The van der Waals surface area contributed by atoms with Crippen LogP contribution >= 0.6 is 11.6 Å². The molecule has 0 bridgehead atoms. The topological polar surface area (TPSA) is 99.6 Å². The van der Waals surface area contributed by atoms with Crippen LogP contribution in [0.5, 0.6) is 0 Å². The van der Waals surface area contributed by atoms with E-state index in [2.05, 4.69) is 10.2 Å². The second-order valence-electron chi connectivity index (χ2n) is 4.62. The van der Waals surface area contributed by atoms with Crippen molar-refractivity contribution in [3.05, 3.63) is 69.1 Å². The van der Waals surface area contributed by atoms with E-state index >= 15 is 0 Å². The molecular formula is C14H9ClN4O4. The predicted octanol–water partition coefficient (Wildman–Crippen LogP) is 2.65. The number of ether oxygens (including phenoxy) is 1. The van der Waals surface area contributed by atoms with Gasteiger partial charge in [0.05, 0.1) is 15.5 Å². The smallest absolute Gasteiger partial charge is 0.339 e. The molecule has 0 radical (unpaired) electrons. The summed E-state index contributed by atoms with van der Waals surface area (Å²) < 4.78 is 6.77. The maximum Gasteiger partial charge on any atom is 0.339 e. The van der Waals surface area contributed by atoms with E-state index in [-0.39, 0.29) is 17.3 Å². The molecule has 0 spiro atoms. The largest absolute Gasteiger partial charge is 0.457 e. The van der Waals surface area contributed by atoms with E-state index in [4.69, 9.17) is 16.3 Å². The van der Waals surface area contributed by atoms with Crippen LogP contribution in [-0.2, 0) is 11.3 Å². The average Bonchev–Trinajstić information content (AvgIpc) is 3.00. The van der Waals surface area contributed by atoms with Crippen LogP contribution in [0.3, 0.4) is 0 Å². The molecule has 3 aromatic rings. The van der Waals surface area contributed by atoms with Crippen molar-refractivity contribution in [2.75, 3.05) is 0 Å². The number of nitrogens with zero attached hydrogens (tertiary/aromatic N) is 4. The second kappa shape index (κ2) is 6.01. The Hall–Kier alpha value is -3.00. The van der Waals surface area contributed by atoms with Gasteiger partial charge in [0.1, 0.15) is 12.9 Å². The number of nitro benzene ring substituents is 1. The Morgan fingerprint density at radius 2 is 2.17 bits per heavy atom. The van der Waals surface area contributed by atoms with Crippen molar-refractivity contribution in [1.29, 1.82) is 0 Å². The number of halogens is 1. The van der Waals surface area contributed by atoms with Gasteiger partial charge in [-0.25, -0.2) is 4.79 Å². The molecule has 0 fully saturated rings. The molecule has 0 aliphatic carbocycles. The first-order valence-corrected chi connectivity index (χ1v) is 6.82. The van der Waals surface area contributed by atoms with E-state index in [0.29, 0.717) is 16.8 Å². The number of aromatic nitrogens is 3. The van der Waals surface area contributed by atoms with Gasteiger partial charge < -0.3 is 4.74 Å². The first-order valence-electron chi connectivity index (χ1n) is 6.44. The van der Waals surface area contributed by atoms with Crippen LogP contribution in [-0.4, -0.2) is 25.5 Å². The minimum absolute atomic E-state index is 0.0874. The van der Waals surface area contributed by atoms with Crippen LogP contribution < -0.4 is 0 Å². The Morgan fingerprint density at radius 3 is 2.91 bits per heavy atom. The highest BCUT2D eigenvalue weighted by atomic mass is 35.5. The number of esters is 1. The summed E-state index contributed by atoms with van der Waals surface area (Å²) in [5, 5.41) is 18.4. The van der Waals surface area contributed by atoms with Crippen molar-refractivity contribution < 1.29 is 14.5 Å². The molecule has 0 aliphatic rings. The lowest BCUT2D eigenvalue weighted by Gasteiger charge is -2.07. The van der Waals surface area contributed by atoms with Gasteiger partial charge in [0.2, 0.25) is 0 Å². The fourth-order valence-electron chi connectivity index (χ4n) is 1.94. The van der Waals surface area contributed by atoms with Crippen LogP contribution in [0.15, 0.2) is 42.9 Å². The number of nitro groups is 1. The third-order valence-electron chi connectivity index (χ3n) is 3.13. The van der Waals surface area contributed by atoms with Gasteiger partial charge in [0, 0.05) is 23.9 Å². The Bertz CT molecular complexity index is 909. The number of fused-ring (bicyclic) bond motifs is 1. The number of non-ortho nitro benzene ring substituents is 1. The molecule has 0 saturated carbocycles. The van der Waals surface area contributed by atoms with E-state index in [0.717, 1.165) is 0 Å². The summed E-state index contributed by atoms with van der Waals surface area (Å²) in [5.41, 5.74) is 1.30. The molecule has 1 aromatic carbocycles. The Morgan fingerprint density at radius 1 is 1.35 bits per heavy atom. The number of pyridine rings is 1. The molecule has 0 saturated heterocycles. The molecular weight excluding hydrogens is 324 g/mol. The maximum absolute atomic E-state index is 12.0. The highest BCUT2D eigenvalue weighted by Crippen LogP contribution is 2.23. The summed E-state index contributed by atoms with van der Waals surface area (Å²) in [7, 11) is 0. The van der Waals surface area contributed by atoms with Crippen LogP contribution in [0.1, 0.15) is 15.9 Å². The van der Waals surface area contributed by atoms with E-state index < -0.39 is 10.9 Å². The summed E-state index contributed by atoms with van der Waals surface area (Å²) in [6.45, 7) is -0.0874. The van der Waals surface area contributed by atoms with Crippen molar-refractivity contribution in [3.8, 4) is 0 Å². The van der Waals surface area contributed by atoms with Gasteiger partial charge in [0.15, 0.2) is 5.65 Å². The average molecular weight is 333 g/mol. The third kappa shape index (κ3) is 3.11. The minimum Gasteiger partial charge on any atom is -0.457 e. The highest BCUT2D eigenvalue weighted by Gasteiger charge is 2.13. The van der Waals surface area contributed by atoms with E-state index in [9.17, 15) is 14.9 Å². The van der Waals surface area contributed by atoms with Crippen molar-refractivity contribution in [3.63, 3.8) is 0 Å². The first-order chi connectivity index (χ1) is 11.0. The number of carbonyl (C=O) groups is 1. The molecule has 0 amide bonds. The van der Waals surface area contributed by atoms with E-state index in [1.54, 1.807) is 22.7 Å². The van der Waals surface area contributed by atoms with Gasteiger partial charge in [-0.05, 0) is 18.2 Å². The van der Waals surface area contributed by atoms with Crippen LogP contribution in [0.25, 0.3) is 5.65 Å². The van der Waals surface area contributed by atoms with E-state index in [1.807, 2.05) is 0 Å². The van der Waals surface area contributed by atoms with Gasteiger partial charge in [-0.3, -0.25) is 14.5 Å². The molecule has 3 rings (SSSR count). The van der Waals surface area contributed by atoms with Crippen LogP contribution in [0.4, 0.5) is 5.69 Å². The van der Waals surface area contributed by atoms with Gasteiger partial charge >= 0.3 is 5.97 Å². The normalized spacial score (nSPS) is 10.7. The fourth-order valence-corrected chi connectivity index (χ4v) is 2.17. The van der Waals surface area contributed by atoms with Gasteiger partial charge in [-0.1, -0.05) is 11.6 Å². The molecule has 0 atom stereocenters. The molecule has 2 aromatic heterocycles. The first kappa shape index (κ1) is 14.9. The molecule has 2 heterocycles.